The highest BCUT2D eigenvalue weighted by Crippen LogP contribution is 2.33. The Hall–Kier alpha value is -0.770. The molecule has 2 rings (SSSR count). The lowest BCUT2D eigenvalue weighted by Crippen LogP contribution is -2.52. The van der Waals surface area contributed by atoms with Gasteiger partial charge in [0.1, 0.15) is 0 Å². The van der Waals surface area contributed by atoms with Gasteiger partial charge in [-0.2, -0.15) is 0 Å². The maximum atomic E-state index is 6.44. The molecule has 2 atom stereocenters. The molecule has 0 bridgehead atoms. The van der Waals surface area contributed by atoms with Crippen LogP contribution in [-0.4, -0.2) is 30.8 Å². The summed E-state index contributed by atoms with van der Waals surface area (Å²) in [5.41, 5.74) is 8.37. The number of morpholine rings is 1. The molecule has 2 N–H and O–H groups in total. The van der Waals surface area contributed by atoms with Crippen LogP contribution in [0.25, 0.3) is 0 Å². The Morgan fingerprint density at radius 1 is 1.48 bits per heavy atom. The molecule has 1 aliphatic rings. The minimum atomic E-state index is -0.149. The number of anilines is 1. The lowest BCUT2D eigenvalue weighted by molar-refractivity contribution is -0.0750. The van der Waals surface area contributed by atoms with Gasteiger partial charge in [0.15, 0.2) is 0 Å². The average molecular weight is 311 g/mol. The molecule has 0 radical (unpaired) electrons. The van der Waals surface area contributed by atoms with E-state index in [9.17, 15) is 0 Å². The number of nitrogens with zero attached hydrogens (tertiary/aromatic N) is 1. The van der Waals surface area contributed by atoms with Crippen molar-refractivity contribution < 1.29 is 4.74 Å². The van der Waals surface area contributed by atoms with Crippen LogP contribution in [0.1, 0.15) is 39.7 Å². The van der Waals surface area contributed by atoms with Crippen LogP contribution < -0.4 is 10.6 Å². The molecule has 1 fully saturated rings. The minimum absolute atomic E-state index is 0.148. The van der Waals surface area contributed by atoms with E-state index in [0.717, 1.165) is 31.0 Å². The molecule has 1 heterocycles. The fourth-order valence-corrected chi connectivity index (χ4v) is 3.34. The second kappa shape index (κ2) is 6.55. The topological polar surface area (TPSA) is 38.5 Å². The van der Waals surface area contributed by atoms with Crippen LogP contribution >= 0.6 is 11.6 Å². The molecule has 1 saturated heterocycles. The Kier molecular flexibility index (Phi) is 5.18. The van der Waals surface area contributed by atoms with Crippen molar-refractivity contribution in [3.05, 3.63) is 28.8 Å². The summed E-state index contributed by atoms with van der Waals surface area (Å²) >= 11 is 6.44. The Morgan fingerprint density at radius 2 is 2.19 bits per heavy atom. The number of hydrogen-bond acceptors (Lipinski definition) is 3. The lowest BCUT2D eigenvalue weighted by Gasteiger charge is -2.43. The van der Waals surface area contributed by atoms with E-state index in [1.165, 1.54) is 11.3 Å². The van der Waals surface area contributed by atoms with Gasteiger partial charge in [-0.05, 0) is 51.3 Å². The number of nitrogens with two attached hydrogens (primary N) is 1. The van der Waals surface area contributed by atoms with Gasteiger partial charge in [0.05, 0.1) is 11.7 Å². The predicted octanol–water partition coefficient (Wildman–Crippen LogP) is 3.62. The van der Waals surface area contributed by atoms with Gasteiger partial charge in [-0.25, -0.2) is 0 Å². The van der Waals surface area contributed by atoms with E-state index in [0.29, 0.717) is 0 Å². The summed E-state index contributed by atoms with van der Waals surface area (Å²) in [6, 6.07) is 6.27. The Morgan fingerprint density at radius 3 is 2.81 bits per heavy atom. The van der Waals surface area contributed by atoms with Crippen LogP contribution in [0.4, 0.5) is 5.69 Å². The zero-order valence-electron chi connectivity index (χ0n) is 13.5. The average Bonchev–Trinajstić information content (AvgIpc) is 2.38. The Balaban J connectivity index is 2.32. The first-order chi connectivity index (χ1) is 9.82. The third kappa shape index (κ3) is 4.12. The SMILES string of the molecule is CCC(N)Cc1c(Cl)cccc1N1CC(C)OC(C)(C)C1. The molecule has 118 valence electrons. The predicted molar refractivity (Wildman–Crippen MR) is 90.3 cm³/mol. The van der Waals surface area contributed by atoms with Crippen molar-refractivity contribution in [2.75, 3.05) is 18.0 Å². The summed E-state index contributed by atoms with van der Waals surface area (Å²) in [6.07, 6.45) is 1.98. The number of rotatable bonds is 4. The fraction of sp³-hybridized carbons (Fsp3) is 0.647. The standard InChI is InChI=1S/C17H27ClN2O/c1-5-13(19)9-14-15(18)7-6-8-16(14)20-10-12(2)21-17(3,4)11-20/h6-8,12-13H,5,9-11,19H2,1-4H3. The molecule has 0 amide bonds. The Labute approximate surface area is 133 Å². The van der Waals surface area contributed by atoms with E-state index in [4.69, 9.17) is 22.1 Å². The maximum absolute atomic E-state index is 6.44. The van der Waals surface area contributed by atoms with Crippen molar-refractivity contribution in [2.24, 2.45) is 5.73 Å². The van der Waals surface area contributed by atoms with E-state index in [1.54, 1.807) is 0 Å². The van der Waals surface area contributed by atoms with Gasteiger partial charge in [-0.1, -0.05) is 24.6 Å². The van der Waals surface area contributed by atoms with E-state index in [2.05, 4.69) is 38.7 Å². The summed E-state index contributed by atoms with van der Waals surface area (Å²) in [5, 5.41) is 0.813. The molecule has 3 nitrogen and oxygen atoms in total. The molecule has 2 unspecified atom stereocenters. The summed E-state index contributed by atoms with van der Waals surface area (Å²) < 4.78 is 6.00. The molecule has 1 aromatic carbocycles. The number of halogens is 1. The van der Waals surface area contributed by atoms with E-state index < -0.39 is 0 Å². The van der Waals surface area contributed by atoms with Crippen molar-refractivity contribution in [2.45, 2.75) is 58.3 Å². The van der Waals surface area contributed by atoms with Crippen molar-refractivity contribution in [3.63, 3.8) is 0 Å². The molecule has 4 heteroatoms. The molecule has 1 aromatic rings. The van der Waals surface area contributed by atoms with Crippen molar-refractivity contribution in [3.8, 4) is 0 Å². The highest BCUT2D eigenvalue weighted by atomic mass is 35.5. The van der Waals surface area contributed by atoms with Gasteiger partial charge < -0.3 is 15.4 Å². The van der Waals surface area contributed by atoms with Gasteiger partial charge in [-0.3, -0.25) is 0 Å². The van der Waals surface area contributed by atoms with E-state index >= 15 is 0 Å². The lowest BCUT2D eigenvalue weighted by atomic mass is 9.99. The molecule has 0 aromatic heterocycles. The highest BCUT2D eigenvalue weighted by molar-refractivity contribution is 6.31. The molecule has 0 aliphatic carbocycles. The molecular formula is C17H27ClN2O. The van der Waals surface area contributed by atoms with Gasteiger partial charge in [0, 0.05) is 29.8 Å². The van der Waals surface area contributed by atoms with E-state index in [-0.39, 0.29) is 17.7 Å². The first kappa shape index (κ1) is 16.6. The first-order valence-electron chi connectivity index (χ1n) is 7.78. The molecule has 21 heavy (non-hydrogen) atoms. The van der Waals surface area contributed by atoms with Crippen LogP contribution in [0, 0.1) is 0 Å². The normalized spacial score (nSPS) is 23.1. The van der Waals surface area contributed by atoms with Gasteiger partial charge in [0.2, 0.25) is 0 Å². The van der Waals surface area contributed by atoms with E-state index in [1.807, 2.05) is 12.1 Å². The van der Waals surface area contributed by atoms with Crippen molar-refractivity contribution in [1.29, 1.82) is 0 Å². The maximum Gasteiger partial charge on any atom is 0.0805 e. The van der Waals surface area contributed by atoms with Crippen LogP contribution in [0.5, 0.6) is 0 Å². The number of benzene rings is 1. The largest absolute Gasteiger partial charge is 0.369 e. The van der Waals surface area contributed by atoms with Gasteiger partial charge >= 0.3 is 0 Å². The zero-order valence-corrected chi connectivity index (χ0v) is 14.3. The van der Waals surface area contributed by atoms with Crippen LogP contribution in [-0.2, 0) is 11.2 Å². The third-order valence-electron chi connectivity index (χ3n) is 3.99. The van der Waals surface area contributed by atoms with Crippen LogP contribution in [0.2, 0.25) is 5.02 Å². The van der Waals surface area contributed by atoms with Gasteiger partial charge in [-0.15, -0.1) is 0 Å². The second-order valence-electron chi connectivity index (χ2n) is 6.68. The second-order valence-corrected chi connectivity index (χ2v) is 7.09. The third-order valence-corrected chi connectivity index (χ3v) is 4.35. The summed E-state index contributed by atoms with van der Waals surface area (Å²) in [4.78, 5) is 2.39. The molecule has 1 aliphatic heterocycles. The highest BCUT2D eigenvalue weighted by Gasteiger charge is 2.32. The minimum Gasteiger partial charge on any atom is -0.369 e. The van der Waals surface area contributed by atoms with Crippen LogP contribution in [0.15, 0.2) is 18.2 Å². The van der Waals surface area contributed by atoms with Crippen LogP contribution in [0.3, 0.4) is 0 Å². The fourth-order valence-electron chi connectivity index (χ4n) is 3.09. The molecule has 0 saturated carbocycles. The first-order valence-corrected chi connectivity index (χ1v) is 8.16. The summed E-state index contributed by atoms with van der Waals surface area (Å²) in [6.45, 7) is 10.3. The Bertz CT molecular complexity index is 490. The molecular weight excluding hydrogens is 284 g/mol. The smallest absolute Gasteiger partial charge is 0.0805 e. The number of ether oxygens (including phenoxy) is 1. The van der Waals surface area contributed by atoms with Crippen molar-refractivity contribution in [1.82, 2.24) is 0 Å². The molecule has 0 spiro atoms. The summed E-state index contributed by atoms with van der Waals surface area (Å²) in [5.74, 6) is 0. The van der Waals surface area contributed by atoms with Crippen molar-refractivity contribution >= 4 is 17.3 Å². The number of hydrogen-bond donors (Lipinski definition) is 1. The quantitative estimate of drug-likeness (QED) is 0.923. The zero-order chi connectivity index (χ0) is 15.6. The summed E-state index contributed by atoms with van der Waals surface area (Å²) in [7, 11) is 0. The van der Waals surface area contributed by atoms with Gasteiger partial charge in [0.25, 0.3) is 0 Å². The monoisotopic (exact) mass is 310 g/mol.